The highest BCUT2D eigenvalue weighted by molar-refractivity contribution is 7.92. The van der Waals surface area contributed by atoms with Crippen LogP contribution < -0.4 is 9.62 Å². The molecule has 0 unspecified atom stereocenters. The first-order valence-electron chi connectivity index (χ1n) is 9.35. The standard InChI is InChI=1S/C23H23ClN2O3S/c1-16-6-4-9-22(17(16)2)25-23(27)19-12-10-18(11-13-19)15-26(30(3,28)29)21-8-5-7-20(24)14-21/h4-14H,15H2,1-3H3,(H,25,27). The summed E-state index contributed by atoms with van der Waals surface area (Å²) in [5.41, 5.74) is 4.63. The highest BCUT2D eigenvalue weighted by Crippen LogP contribution is 2.24. The molecule has 0 radical (unpaired) electrons. The molecule has 3 aromatic carbocycles. The molecule has 7 heteroatoms. The molecule has 0 spiro atoms. The van der Waals surface area contributed by atoms with E-state index in [0.29, 0.717) is 16.3 Å². The van der Waals surface area contributed by atoms with E-state index in [9.17, 15) is 13.2 Å². The van der Waals surface area contributed by atoms with Gasteiger partial charge in [-0.05, 0) is 66.9 Å². The summed E-state index contributed by atoms with van der Waals surface area (Å²) in [5.74, 6) is -0.218. The van der Waals surface area contributed by atoms with Gasteiger partial charge in [-0.25, -0.2) is 8.42 Å². The smallest absolute Gasteiger partial charge is 0.255 e. The van der Waals surface area contributed by atoms with Gasteiger partial charge < -0.3 is 5.32 Å². The van der Waals surface area contributed by atoms with E-state index in [0.717, 1.165) is 28.6 Å². The Morgan fingerprint density at radius 1 is 1.00 bits per heavy atom. The fraction of sp³-hybridized carbons (Fsp3) is 0.174. The van der Waals surface area contributed by atoms with E-state index >= 15 is 0 Å². The summed E-state index contributed by atoms with van der Waals surface area (Å²) in [4.78, 5) is 12.6. The Hall–Kier alpha value is -2.83. The maximum atomic E-state index is 12.6. The quantitative estimate of drug-likeness (QED) is 0.572. The molecule has 0 aliphatic carbocycles. The van der Waals surface area contributed by atoms with Crippen LogP contribution in [-0.2, 0) is 16.6 Å². The zero-order chi connectivity index (χ0) is 21.9. The number of amides is 1. The van der Waals surface area contributed by atoms with Crippen LogP contribution in [0, 0.1) is 13.8 Å². The van der Waals surface area contributed by atoms with Crippen molar-refractivity contribution in [2.45, 2.75) is 20.4 Å². The van der Waals surface area contributed by atoms with E-state index in [1.165, 1.54) is 4.31 Å². The molecule has 156 valence electrons. The minimum absolute atomic E-state index is 0.137. The van der Waals surface area contributed by atoms with E-state index in [1.54, 1.807) is 48.5 Å². The Bertz CT molecular complexity index is 1180. The molecule has 0 aliphatic heterocycles. The van der Waals surface area contributed by atoms with Gasteiger partial charge in [-0.15, -0.1) is 0 Å². The third-order valence-corrected chi connectivity index (χ3v) is 6.27. The van der Waals surface area contributed by atoms with E-state index in [4.69, 9.17) is 11.6 Å². The fourth-order valence-corrected chi connectivity index (χ4v) is 4.10. The lowest BCUT2D eigenvalue weighted by Gasteiger charge is -2.22. The molecular weight excluding hydrogens is 420 g/mol. The van der Waals surface area contributed by atoms with Gasteiger partial charge in [0.15, 0.2) is 0 Å². The predicted molar refractivity (Wildman–Crippen MR) is 123 cm³/mol. The van der Waals surface area contributed by atoms with E-state index in [1.807, 2.05) is 32.0 Å². The second-order valence-corrected chi connectivity index (χ2v) is 9.49. The summed E-state index contributed by atoms with van der Waals surface area (Å²) in [6, 6.07) is 19.3. The van der Waals surface area contributed by atoms with Crippen molar-refractivity contribution in [3.63, 3.8) is 0 Å². The molecule has 0 bridgehead atoms. The number of nitrogens with one attached hydrogen (secondary N) is 1. The Morgan fingerprint density at radius 2 is 1.67 bits per heavy atom. The number of nitrogens with zero attached hydrogens (tertiary/aromatic N) is 1. The van der Waals surface area contributed by atoms with Gasteiger partial charge in [0.2, 0.25) is 10.0 Å². The summed E-state index contributed by atoms with van der Waals surface area (Å²) in [6.45, 7) is 4.09. The summed E-state index contributed by atoms with van der Waals surface area (Å²) in [7, 11) is -3.51. The molecule has 0 heterocycles. The topological polar surface area (TPSA) is 66.5 Å². The van der Waals surface area contributed by atoms with Gasteiger partial charge in [-0.2, -0.15) is 0 Å². The molecule has 0 aromatic heterocycles. The molecule has 0 saturated carbocycles. The molecule has 0 fully saturated rings. The van der Waals surface area contributed by atoms with E-state index in [-0.39, 0.29) is 12.5 Å². The van der Waals surface area contributed by atoms with E-state index < -0.39 is 10.0 Å². The number of carbonyl (C=O) groups is 1. The number of aryl methyl sites for hydroxylation is 1. The highest BCUT2D eigenvalue weighted by Gasteiger charge is 2.18. The number of carbonyl (C=O) groups excluding carboxylic acids is 1. The molecule has 0 aliphatic rings. The molecule has 5 nitrogen and oxygen atoms in total. The lowest BCUT2D eigenvalue weighted by Crippen LogP contribution is -2.29. The number of sulfonamides is 1. The molecule has 1 N–H and O–H groups in total. The van der Waals surface area contributed by atoms with Crippen molar-refractivity contribution < 1.29 is 13.2 Å². The van der Waals surface area contributed by atoms with Gasteiger partial charge >= 0.3 is 0 Å². The first-order valence-corrected chi connectivity index (χ1v) is 11.6. The monoisotopic (exact) mass is 442 g/mol. The number of anilines is 2. The van der Waals surface area contributed by atoms with Crippen LogP contribution in [0.5, 0.6) is 0 Å². The molecule has 30 heavy (non-hydrogen) atoms. The summed E-state index contributed by atoms with van der Waals surface area (Å²) < 4.78 is 25.9. The molecule has 1 amide bonds. The van der Waals surface area contributed by atoms with Crippen LogP contribution in [-0.4, -0.2) is 20.6 Å². The molecule has 3 rings (SSSR count). The van der Waals surface area contributed by atoms with Gasteiger partial charge in [0.25, 0.3) is 5.91 Å². The van der Waals surface area contributed by atoms with Crippen molar-refractivity contribution in [2.75, 3.05) is 15.9 Å². The number of hydrogen-bond donors (Lipinski definition) is 1. The summed E-state index contributed by atoms with van der Waals surface area (Å²) in [6.07, 6.45) is 1.15. The molecule has 0 atom stereocenters. The predicted octanol–water partition coefficient (Wildman–Crippen LogP) is 5.18. The van der Waals surface area contributed by atoms with E-state index in [2.05, 4.69) is 5.32 Å². The SMILES string of the molecule is Cc1cccc(NC(=O)c2ccc(CN(c3cccc(Cl)c3)S(C)(=O)=O)cc2)c1C. The van der Waals surface area contributed by atoms with Crippen molar-refractivity contribution in [1.29, 1.82) is 0 Å². The maximum Gasteiger partial charge on any atom is 0.255 e. The zero-order valence-corrected chi connectivity index (χ0v) is 18.6. The summed E-state index contributed by atoms with van der Waals surface area (Å²) in [5, 5.41) is 3.38. The average Bonchev–Trinajstić information content (AvgIpc) is 2.69. The van der Waals surface area contributed by atoms with Crippen molar-refractivity contribution in [3.8, 4) is 0 Å². The maximum absolute atomic E-state index is 12.6. The molecule has 3 aromatic rings. The second kappa shape index (κ2) is 8.90. The average molecular weight is 443 g/mol. The van der Waals surface area contributed by atoms with Crippen molar-refractivity contribution in [3.05, 3.63) is 94.0 Å². The van der Waals surface area contributed by atoms with Gasteiger partial charge in [-0.3, -0.25) is 9.10 Å². The normalized spacial score (nSPS) is 11.2. The molecular formula is C23H23ClN2O3S. The number of halogens is 1. The van der Waals surface area contributed by atoms with Crippen molar-refractivity contribution in [1.82, 2.24) is 0 Å². The van der Waals surface area contributed by atoms with Gasteiger partial charge in [-0.1, -0.05) is 41.9 Å². The van der Waals surface area contributed by atoms with Gasteiger partial charge in [0.05, 0.1) is 18.5 Å². The van der Waals surface area contributed by atoms with Crippen LogP contribution in [0.15, 0.2) is 66.7 Å². The third kappa shape index (κ3) is 5.20. The van der Waals surface area contributed by atoms with Crippen LogP contribution in [0.2, 0.25) is 5.02 Å². The van der Waals surface area contributed by atoms with Crippen LogP contribution in [0.25, 0.3) is 0 Å². The first-order chi connectivity index (χ1) is 14.1. The Kier molecular flexibility index (Phi) is 6.48. The minimum atomic E-state index is -3.51. The van der Waals surface area contributed by atoms with Crippen LogP contribution in [0.4, 0.5) is 11.4 Å². The highest BCUT2D eigenvalue weighted by atomic mass is 35.5. The minimum Gasteiger partial charge on any atom is -0.322 e. The fourth-order valence-electron chi connectivity index (χ4n) is 3.04. The lowest BCUT2D eigenvalue weighted by molar-refractivity contribution is 0.102. The zero-order valence-electron chi connectivity index (χ0n) is 17.0. The first kappa shape index (κ1) is 21.9. The number of benzene rings is 3. The third-order valence-electron chi connectivity index (χ3n) is 4.89. The lowest BCUT2D eigenvalue weighted by atomic mass is 10.1. The largest absolute Gasteiger partial charge is 0.322 e. The Morgan fingerprint density at radius 3 is 2.30 bits per heavy atom. The Labute approximate surface area is 182 Å². The number of hydrogen-bond acceptors (Lipinski definition) is 3. The second-order valence-electron chi connectivity index (χ2n) is 7.15. The van der Waals surface area contributed by atoms with Crippen molar-refractivity contribution >= 4 is 38.9 Å². The van der Waals surface area contributed by atoms with Crippen LogP contribution in [0.3, 0.4) is 0 Å². The van der Waals surface area contributed by atoms with Gasteiger partial charge in [0.1, 0.15) is 0 Å². The van der Waals surface area contributed by atoms with Crippen molar-refractivity contribution in [2.24, 2.45) is 0 Å². The number of rotatable bonds is 6. The molecule has 0 saturated heterocycles. The van der Waals surface area contributed by atoms with Gasteiger partial charge in [0, 0.05) is 16.3 Å². The van der Waals surface area contributed by atoms with Crippen LogP contribution in [0.1, 0.15) is 27.0 Å². The summed E-state index contributed by atoms with van der Waals surface area (Å²) >= 11 is 6.02. The van der Waals surface area contributed by atoms with Crippen LogP contribution >= 0.6 is 11.6 Å². The Balaban J connectivity index is 1.78.